The lowest BCUT2D eigenvalue weighted by atomic mass is 10.0. The summed E-state index contributed by atoms with van der Waals surface area (Å²) in [5.74, 6) is 0.823. The van der Waals surface area contributed by atoms with Gasteiger partial charge < -0.3 is 4.90 Å². The summed E-state index contributed by atoms with van der Waals surface area (Å²) in [4.78, 5) is 2.38. The fourth-order valence-corrected chi connectivity index (χ4v) is 1.77. The van der Waals surface area contributed by atoms with Gasteiger partial charge in [-0.2, -0.15) is 0 Å². The van der Waals surface area contributed by atoms with E-state index in [1.807, 2.05) is 0 Å². The molecule has 0 saturated carbocycles. The van der Waals surface area contributed by atoms with Crippen molar-refractivity contribution in [2.45, 2.75) is 26.2 Å². The lowest BCUT2D eigenvalue weighted by Crippen LogP contribution is -2.35. The fraction of sp³-hybridized carbons (Fsp3) is 1.00. The number of alkyl halides is 1. The van der Waals surface area contributed by atoms with E-state index in [1.54, 1.807) is 0 Å². The highest BCUT2D eigenvalue weighted by atomic mass is 19.1. The van der Waals surface area contributed by atoms with Crippen LogP contribution in [-0.2, 0) is 0 Å². The van der Waals surface area contributed by atoms with Gasteiger partial charge >= 0.3 is 0 Å². The molecule has 0 N–H and O–H groups in total. The first-order valence-corrected chi connectivity index (χ1v) is 4.61. The zero-order valence-electron chi connectivity index (χ0n) is 7.35. The number of piperidine rings is 1. The van der Waals surface area contributed by atoms with Gasteiger partial charge in [-0.15, -0.1) is 0 Å². The quantitative estimate of drug-likeness (QED) is 0.609. The number of hydrogen-bond acceptors (Lipinski definition) is 1. The van der Waals surface area contributed by atoms with Gasteiger partial charge in [-0.3, -0.25) is 4.39 Å². The first kappa shape index (κ1) is 8.98. The van der Waals surface area contributed by atoms with E-state index in [-0.39, 0.29) is 6.67 Å². The Morgan fingerprint density at radius 1 is 1.55 bits per heavy atom. The van der Waals surface area contributed by atoms with Gasteiger partial charge in [0.05, 0.1) is 6.67 Å². The van der Waals surface area contributed by atoms with Crippen LogP contribution in [0.2, 0.25) is 0 Å². The summed E-state index contributed by atoms with van der Waals surface area (Å²) in [5.41, 5.74) is 0. The molecule has 0 bridgehead atoms. The molecule has 2 heteroatoms. The van der Waals surface area contributed by atoms with Crippen LogP contribution >= 0.6 is 0 Å². The molecule has 1 fully saturated rings. The lowest BCUT2D eigenvalue weighted by Gasteiger charge is -2.30. The van der Waals surface area contributed by atoms with Gasteiger partial charge in [0.1, 0.15) is 0 Å². The molecule has 0 unspecified atom stereocenters. The van der Waals surface area contributed by atoms with Crippen LogP contribution in [0.25, 0.3) is 0 Å². The van der Waals surface area contributed by atoms with Crippen LogP contribution in [0.5, 0.6) is 0 Å². The van der Waals surface area contributed by atoms with Crippen LogP contribution in [0.3, 0.4) is 0 Å². The summed E-state index contributed by atoms with van der Waals surface area (Å²) in [6, 6.07) is 0. The van der Waals surface area contributed by atoms with Crippen LogP contribution < -0.4 is 0 Å². The maximum Gasteiger partial charge on any atom is 0.0906 e. The third kappa shape index (κ3) is 3.19. The van der Waals surface area contributed by atoms with Crippen molar-refractivity contribution in [1.29, 1.82) is 0 Å². The van der Waals surface area contributed by atoms with Crippen molar-refractivity contribution in [3.05, 3.63) is 0 Å². The van der Waals surface area contributed by atoms with Crippen LogP contribution in [0.1, 0.15) is 26.2 Å². The molecule has 0 amide bonds. The van der Waals surface area contributed by atoms with E-state index in [0.717, 1.165) is 12.5 Å². The number of rotatable bonds is 3. The minimum atomic E-state index is -0.162. The van der Waals surface area contributed by atoms with Gasteiger partial charge in [0.25, 0.3) is 0 Å². The first-order chi connectivity index (χ1) is 5.33. The number of hydrogen-bond donors (Lipinski definition) is 0. The van der Waals surface area contributed by atoms with E-state index in [4.69, 9.17) is 0 Å². The molecule has 0 aromatic carbocycles. The average Bonchev–Trinajstić information content (AvgIpc) is 2.01. The molecular weight excluding hydrogens is 141 g/mol. The normalized spacial score (nSPS) is 27.3. The lowest BCUT2D eigenvalue weighted by molar-refractivity contribution is 0.177. The second-order valence-corrected chi connectivity index (χ2v) is 3.59. The molecule has 1 heterocycles. The van der Waals surface area contributed by atoms with E-state index in [0.29, 0.717) is 6.42 Å². The molecule has 0 spiro atoms. The van der Waals surface area contributed by atoms with E-state index >= 15 is 0 Å². The molecule has 1 aliphatic rings. The summed E-state index contributed by atoms with van der Waals surface area (Å²) >= 11 is 0. The van der Waals surface area contributed by atoms with E-state index < -0.39 is 0 Å². The predicted molar refractivity (Wildman–Crippen MR) is 45.4 cm³/mol. The maximum absolute atomic E-state index is 11.8. The summed E-state index contributed by atoms with van der Waals surface area (Å²) in [6.45, 7) is 5.44. The number of halogens is 1. The van der Waals surface area contributed by atoms with Gasteiger partial charge in [-0.25, -0.2) is 0 Å². The topological polar surface area (TPSA) is 3.24 Å². The zero-order valence-corrected chi connectivity index (χ0v) is 7.35. The third-order valence-electron chi connectivity index (χ3n) is 2.35. The fourth-order valence-electron chi connectivity index (χ4n) is 1.77. The smallest absolute Gasteiger partial charge is 0.0906 e. The standard InChI is InChI=1S/C9H18FN/c1-9-4-2-6-11(8-9)7-3-5-10/h9H,2-8H2,1H3/t9-/m1/s1. The predicted octanol–water partition coefficient (Wildman–Crippen LogP) is 2.08. The maximum atomic E-state index is 11.8. The van der Waals surface area contributed by atoms with Crippen molar-refractivity contribution in [1.82, 2.24) is 4.90 Å². The van der Waals surface area contributed by atoms with Crippen molar-refractivity contribution in [2.24, 2.45) is 5.92 Å². The zero-order chi connectivity index (χ0) is 8.10. The Balaban J connectivity index is 2.12. The largest absolute Gasteiger partial charge is 0.303 e. The minimum absolute atomic E-state index is 0.162. The minimum Gasteiger partial charge on any atom is -0.303 e. The highest BCUT2D eigenvalue weighted by Crippen LogP contribution is 2.15. The first-order valence-electron chi connectivity index (χ1n) is 4.61. The second kappa shape index (κ2) is 4.70. The van der Waals surface area contributed by atoms with Crippen molar-refractivity contribution in [3.63, 3.8) is 0 Å². The Labute approximate surface area is 68.6 Å². The Kier molecular flexibility index (Phi) is 3.84. The van der Waals surface area contributed by atoms with Crippen LogP contribution in [0.15, 0.2) is 0 Å². The molecule has 1 atom stereocenters. The van der Waals surface area contributed by atoms with Gasteiger partial charge in [0, 0.05) is 13.1 Å². The molecule has 66 valence electrons. The molecule has 1 nitrogen and oxygen atoms in total. The summed E-state index contributed by atoms with van der Waals surface area (Å²) < 4.78 is 11.8. The van der Waals surface area contributed by atoms with Crippen molar-refractivity contribution in [3.8, 4) is 0 Å². The average molecular weight is 159 g/mol. The SMILES string of the molecule is C[C@@H]1CCCN(CCCF)C1. The Morgan fingerprint density at radius 2 is 2.36 bits per heavy atom. The molecule has 0 aliphatic carbocycles. The van der Waals surface area contributed by atoms with Crippen molar-refractivity contribution >= 4 is 0 Å². The highest BCUT2D eigenvalue weighted by Gasteiger charge is 2.14. The number of nitrogens with zero attached hydrogens (tertiary/aromatic N) is 1. The molecule has 0 aromatic rings. The van der Waals surface area contributed by atoms with Gasteiger partial charge in [-0.1, -0.05) is 6.92 Å². The summed E-state index contributed by atoms with van der Waals surface area (Å²) in [6.07, 6.45) is 3.37. The molecule has 1 saturated heterocycles. The Bertz CT molecular complexity index is 106. The van der Waals surface area contributed by atoms with Crippen LogP contribution in [-0.4, -0.2) is 31.2 Å². The summed E-state index contributed by atoms with van der Waals surface area (Å²) in [5, 5.41) is 0. The Hall–Kier alpha value is -0.110. The van der Waals surface area contributed by atoms with Crippen molar-refractivity contribution in [2.75, 3.05) is 26.3 Å². The van der Waals surface area contributed by atoms with Crippen molar-refractivity contribution < 1.29 is 4.39 Å². The molecule has 11 heavy (non-hydrogen) atoms. The van der Waals surface area contributed by atoms with Gasteiger partial charge in [-0.05, 0) is 31.7 Å². The van der Waals surface area contributed by atoms with Crippen LogP contribution in [0, 0.1) is 5.92 Å². The molecule has 1 aliphatic heterocycles. The number of likely N-dealkylation sites (tertiary alicyclic amines) is 1. The Morgan fingerprint density at radius 3 is 3.00 bits per heavy atom. The summed E-state index contributed by atoms with van der Waals surface area (Å²) in [7, 11) is 0. The van der Waals surface area contributed by atoms with E-state index in [9.17, 15) is 4.39 Å². The van der Waals surface area contributed by atoms with Gasteiger partial charge in [0.15, 0.2) is 0 Å². The highest BCUT2D eigenvalue weighted by molar-refractivity contribution is 4.69. The molecule has 1 rings (SSSR count). The molecule has 0 radical (unpaired) electrons. The monoisotopic (exact) mass is 159 g/mol. The second-order valence-electron chi connectivity index (χ2n) is 3.59. The molecule has 0 aromatic heterocycles. The molecular formula is C9H18FN. The van der Waals surface area contributed by atoms with Gasteiger partial charge in [0.2, 0.25) is 0 Å². The third-order valence-corrected chi connectivity index (χ3v) is 2.35. The van der Waals surface area contributed by atoms with E-state index in [2.05, 4.69) is 11.8 Å². The van der Waals surface area contributed by atoms with Crippen LogP contribution in [0.4, 0.5) is 4.39 Å². The van der Waals surface area contributed by atoms with E-state index in [1.165, 1.54) is 25.9 Å².